The number of carboxylic acids is 1. The number of nitrogens with one attached hydrogen (secondary N) is 2. The quantitative estimate of drug-likeness (QED) is 0.511. The van der Waals surface area contributed by atoms with Crippen LogP contribution in [0.15, 0.2) is 36.0 Å². The number of hydrogen-bond acceptors (Lipinski definition) is 6. The molecule has 1 heterocycles. The Labute approximate surface area is 152 Å². The van der Waals surface area contributed by atoms with Gasteiger partial charge in [-0.25, -0.2) is 0 Å². The molecule has 1 aliphatic heterocycles. The predicted molar refractivity (Wildman–Crippen MR) is 98.7 cm³/mol. The smallest absolute Gasteiger partial charge is 0.325 e. The summed E-state index contributed by atoms with van der Waals surface area (Å²) in [5, 5.41) is 23.0. The van der Waals surface area contributed by atoms with Crippen molar-refractivity contribution in [3.05, 3.63) is 36.0 Å². The molecule has 1 aliphatic rings. The topological polar surface area (TPSA) is 109 Å². The van der Waals surface area contributed by atoms with Crippen molar-refractivity contribution < 1.29 is 14.7 Å². The number of carbonyl (C=O) groups excluding carboxylic acids is 1. The summed E-state index contributed by atoms with van der Waals surface area (Å²) in [6, 6.07) is 8.41. The SMILES string of the molecule is CC(NC(=O)/C(C#N)=C\Nc1ccc(N2CCN(C)CC2)cc1)C(=O)O. The number of amides is 1. The fourth-order valence-electron chi connectivity index (χ4n) is 2.47. The molecule has 1 amide bonds. The summed E-state index contributed by atoms with van der Waals surface area (Å²) in [7, 11) is 2.11. The van der Waals surface area contributed by atoms with Crippen LogP contribution in [-0.4, -0.2) is 61.2 Å². The molecule has 8 nitrogen and oxygen atoms in total. The Morgan fingerprint density at radius 1 is 1.23 bits per heavy atom. The number of carbonyl (C=O) groups is 2. The van der Waals surface area contributed by atoms with E-state index < -0.39 is 17.9 Å². The van der Waals surface area contributed by atoms with Crippen molar-refractivity contribution in [1.82, 2.24) is 10.2 Å². The van der Waals surface area contributed by atoms with Crippen molar-refractivity contribution in [2.24, 2.45) is 0 Å². The number of likely N-dealkylation sites (N-methyl/N-ethyl adjacent to an activating group) is 1. The minimum atomic E-state index is -1.16. The van der Waals surface area contributed by atoms with Gasteiger partial charge in [-0.05, 0) is 38.2 Å². The molecular weight excluding hydrogens is 334 g/mol. The van der Waals surface area contributed by atoms with Gasteiger partial charge in [0.25, 0.3) is 5.91 Å². The summed E-state index contributed by atoms with van der Waals surface area (Å²) in [5.74, 6) is -1.90. The second-order valence-corrected chi connectivity index (χ2v) is 6.18. The first-order valence-electron chi connectivity index (χ1n) is 8.34. The lowest BCUT2D eigenvalue weighted by molar-refractivity contribution is -0.140. The summed E-state index contributed by atoms with van der Waals surface area (Å²) >= 11 is 0. The van der Waals surface area contributed by atoms with E-state index in [4.69, 9.17) is 10.4 Å². The number of anilines is 2. The van der Waals surface area contributed by atoms with E-state index >= 15 is 0 Å². The van der Waals surface area contributed by atoms with Crippen LogP contribution in [0.3, 0.4) is 0 Å². The summed E-state index contributed by atoms with van der Waals surface area (Å²) in [5.41, 5.74) is 1.66. The molecule has 0 bridgehead atoms. The highest BCUT2D eigenvalue weighted by Crippen LogP contribution is 2.19. The largest absolute Gasteiger partial charge is 0.480 e. The Morgan fingerprint density at radius 2 is 1.85 bits per heavy atom. The third kappa shape index (κ3) is 5.22. The van der Waals surface area contributed by atoms with Crippen LogP contribution in [0.1, 0.15) is 6.92 Å². The minimum Gasteiger partial charge on any atom is -0.480 e. The lowest BCUT2D eigenvalue weighted by Gasteiger charge is -2.34. The highest BCUT2D eigenvalue weighted by molar-refractivity contribution is 5.99. The molecule has 1 unspecified atom stereocenters. The number of nitriles is 1. The average molecular weight is 357 g/mol. The van der Waals surface area contributed by atoms with E-state index in [1.54, 1.807) is 6.07 Å². The Bertz CT molecular complexity index is 715. The van der Waals surface area contributed by atoms with Crippen LogP contribution in [0, 0.1) is 11.3 Å². The monoisotopic (exact) mass is 357 g/mol. The zero-order valence-corrected chi connectivity index (χ0v) is 14.9. The van der Waals surface area contributed by atoms with E-state index in [1.807, 2.05) is 24.3 Å². The molecule has 8 heteroatoms. The highest BCUT2D eigenvalue weighted by atomic mass is 16.4. The van der Waals surface area contributed by atoms with Gasteiger partial charge in [-0.15, -0.1) is 0 Å². The van der Waals surface area contributed by atoms with Crippen LogP contribution in [0.4, 0.5) is 11.4 Å². The zero-order chi connectivity index (χ0) is 19.1. The van der Waals surface area contributed by atoms with Gasteiger partial charge in [0.15, 0.2) is 0 Å². The molecule has 0 saturated carbocycles. The van der Waals surface area contributed by atoms with E-state index in [1.165, 1.54) is 13.1 Å². The number of piperazine rings is 1. The lowest BCUT2D eigenvalue weighted by Crippen LogP contribution is -2.44. The Balaban J connectivity index is 1.96. The minimum absolute atomic E-state index is 0.193. The molecule has 0 aliphatic carbocycles. The molecule has 0 radical (unpaired) electrons. The number of rotatable bonds is 6. The molecule has 0 aromatic heterocycles. The molecular formula is C18H23N5O3. The molecule has 1 aromatic rings. The van der Waals surface area contributed by atoms with Gasteiger partial charge in [0.1, 0.15) is 17.7 Å². The summed E-state index contributed by atoms with van der Waals surface area (Å²) < 4.78 is 0. The van der Waals surface area contributed by atoms with E-state index in [2.05, 4.69) is 27.5 Å². The molecule has 3 N–H and O–H groups in total. The first kappa shape index (κ1) is 19.3. The second-order valence-electron chi connectivity index (χ2n) is 6.18. The van der Waals surface area contributed by atoms with Crippen molar-refractivity contribution in [2.75, 3.05) is 43.4 Å². The molecule has 138 valence electrons. The van der Waals surface area contributed by atoms with Crippen molar-refractivity contribution in [3.8, 4) is 6.07 Å². The van der Waals surface area contributed by atoms with Gasteiger partial charge in [-0.1, -0.05) is 0 Å². The number of nitrogens with zero attached hydrogens (tertiary/aromatic N) is 3. The number of benzene rings is 1. The first-order valence-corrected chi connectivity index (χ1v) is 8.34. The number of carboxylic acid groups (broad SMARTS) is 1. The van der Waals surface area contributed by atoms with Gasteiger partial charge in [0, 0.05) is 43.8 Å². The van der Waals surface area contributed by atoms with E-state index in [9.17, 15) is 9.59 Å². The lowest BCUT2D eigenvalue weighted by atomic mass is 10.2. The van der Waals surface area contributed by atoms with Gasteiger partial charge in [0.2, 0.25) is 0 Å². The van der Waals surface area contributed by atoms with Crippen LogP contribution in [-0.2, 0) is 9.59 Å². The summed E-state index contributed by atoms with van der Waals surface area (Å²) in [6.07, 6.45) is 1.27. The number of aliphatic carboxylic acids is 1. The van der Waals surface area contributed by atoms with Gasteiger partial charge >= 0.3 is 5.97 Å². The number of hydrogen-bond donors (Lipinski definition) is 3. The van der Waals surface area contributed by atoms with Crippen molar-refractivity contribution in [1.29, 1.82) is 5.26 Å². The molecule has 1 atom stereocenters. The van der Waals surface area contributed by atoms with Crippen LogP contribution in [0.5, 0.6) is 0 Å². The van der Waals surface area contributed by atoms with Crippen molar-refractivity contribution >= 4 is 23.3 Å². The Hall–Kier alpha value is -3.05. The normalized spacial score (nSPS) is 16.5. The van der Waals surface area contributed by atoms with Crippen molar-refractivity contribution in [2.45, 2.75) is 13.0 Å². The maximum Gasteiger partial charge on any atom is 0.325 e. The van der Waals surface area contributed by atoms with Crippen LogP contribution in [0.2, 0.25) is 0 Å². The third-order valence-electron chi connectivity index (χ3n) is 4.20. The maximum atomic E-state index is 11.9. The van der Waals surface area contributed by atoms with Gasteiger partial charge < -0.3 is 25.5 Å². The van der Waals surface area contributed by atoms with E-state index in [0.717, 1.165) is 37.6 Å². The predicted octanol–water partition coefficient (Wildman–Crippen LogP) is 0.847. The summed E-state index contributed by atoms with van der Waals surface area (Å²) in [4.78, 5) is 27.2. The van der Waals surface area contributed by atoms with E-state index in [-0.39, 0.29) is 5.57 Å². The highest BCUT2D eigenvalue weighted by Gasteiger charge is 2.17. The first-order chi connectivity index (χ1) is 12.4. The Kier molecular flexibility index (Phi) is 6.58. The fourth-order valence-corrected chi connectivity index (χ4v) is 2.47. The van der Waals surface area contributed by atoms with Crippen LogP contribution in [0.25, 0.3) is 0 Å². The Morgan fingerprint density at radius 3 is 2.38 bits per heavy atom. The molecule has 26 heavy (non-hydrogen) atoms. The molecule has 0 spiro atoms. The maximum absolute atomic E-state index is 11.9. The van der Waals surface area contributed by atoms with Gasteiger partial charge in [-0.3, -0.25) is 9.59 Å². The second kappa shape index (κ2) is 8.87. The van der Waals surface area contributed by atoms with Crippen molar-refractivity contribution in [3.63, 3.8) is 0 Å². The van der Waals surface area contributed by atoms with Gasteiger partial charge in [-0.2, -0.15) is 5.26 Å². The molecule has 1 aromatic carbocycles. The fraction of sp³-hybridized carbons (Fsp3) is 0.389. The van der Waals surface area contributed by atoms with Crippen LogP contribution >= 0.6 is 0 Å². The standard InChI is InChI=1S/C18H23N5O3/c1-13(18(25)26)21-17(24)14(11-19)12-20-15-3-5-16(6-4-15)23-9-7-22(2)8-10-23/h3-6,12-13,20H,7-10H2,1-2H3,(H,21,24)(H,25,26)/b14-12-. The zero-order valence-electron chi connectivity index (χ0n) is 14.9. The molecule has 1 saturated heterocycles. The van der Waals surface area contributed by atoms with E-state index in [0.29, 0.717) is 0 Å². The molecule has 2 rings (SSSR count). The average Bonchev–Trinajstić information content (AvgIpc) is 2.63. The third-order valence-corrected chi connectivity index (χ3v) is 4.20. The molecule has 1 fully saturated rings. The van der Waals surface area contributed by atoms with Gasteiger partial charge in [0.05, 0.1) is 0 Å². The van der Waals surface area contributed by atoms with Crippen LogP contribution < -0.4 is 15.5 Å². The summed E-state index contributed by atoms with van der Waals surface area (Å²) in [6.45, 7) is 5.34.